The van der Waals surface area contributed by atoms with Crippen molar-refractivity contribution in [3.63, 3.8) is 0 Å². The highest BCUT2D eigenvalue weighted by molar-refractivity contribution is 4.96. The quantitative estimate of drug-likeness (QED) is 0.655. The van der Waals surface area contributed by atoms with E-state index in [1.54, 1.807) is 0 Å². The summed E-state index contributed by atoms with van der Waals surface area (Å²) in [6.45, 7) is 4.87. The fourth-order valence-corrected chi connectivity index (χ4v) is 3.75. The molecule has 0 aromatic carbocycles. The van der Waals surface area contributed by atoms with Crippen molar-refractivity contribution in [1.29, 1.82) is 0 Å². The minimum Gasteiger partial charge on any atom is -0.375 e. The van der Waals surface area contributed by atoms with Crippen LogP contribution in [0.2, 0.25) is 0 Å². The zero-order valence-electron chi connectivity index (χ0n) is 9.46. The Morgan fingerprint density at radius 2 is 1.50 bits per heavy atom. The first kappa shape index (κ1) is 9.21. The monoisotopic (exact) mass is 194 g/mol. The third-order valence-electron chi connectivity index (χ3n) is 4.34. The summed E-state index contributed by atoms with van der Waals surface area (Å²) in [5.74, 6) is 1.99. The first-order chi connectivity index (χ1) is 6.62. The van der Waals surface area contributed by atoms with E-state index >= 15 is 0 Å². The van der Waals surface area contributed by atoms with Gasteiger partial charge in [-0.2, -0.15) is 0 Å². The molecule has 3 saturated carbocycles. The normalized spacial score (nSPS) is 45.4. The minimum absolute atomic E-state index is 0.625. The van der Waals surface area contributed by atoms with Crippen molar-refractivity contribution in [2.45, 2.75) is 64.6 Å². The van der Waals surface area contributed by atoms with Crippen LogP contribution in [0.3, 0.4) is 0 Å². The summed E-state index contributed by atoms with van der Waals surface area (Å²) in [7, 11) is 0. The molecule has 0 spiro atoms. The van der Waals surface area contributed by atoms with E-state index in [4.69, 9.17) is 4.74 Å². The number of hydrogen-bond donors (Lipinski definition) is 0. The Morgan fingerprint density at radius 1 is 0.929 bits per heavy atom. The van der Waals surface area contributed by atoms with Gasteiger partial charge >= 0.3 is 0 Å². The molecule has 3 aliphatic carbocycles. The third-order valence-corrected chi connectivity index (χ3v) is 4.34. The summed E-state index contributed by atoms with van der Waals surface area (Å²) < 4.78 is 6.03. The predicted molar refractivity (Wildman–Crippen MR) is 57.1 cm³/mol. The molecular formula is C13H22O. The van der Waals surface area contributed by atoms with E-state index in [9.17, 15) is 0 Å². The standard InChI is InChI=1S/C13H22O/c1-13(2)7-9-5-12(6-10(9)8-13)14-11-3-4-11/h9-12H,3-8H2,1-2H3. The molecule has 0 aliphatic heterocycles. The van der Waals surface area contributed by atoms with E-state index in [-0.39, 0.29) is 0 Å². The van der Waals surface area contributed by atoms with Crippen LogP contribution in [0.1, 0.15) is 52.4 Å². The lowest BCUT2D eigenvalue weighted by Gasteiger charge is -2.20. The van der Waals surface area contributed by atoms with Crippen LogP contribution in [0.5, 0.6) is 0 Å². The summed E-state index contributed by atoms with van der Waals surface area (Å²) in [5, 5.41) is 0. The summed E-state index contributed by atoms with van der Waals surface area (Å²) >= 11 is 0. The molecule has 2 unspecified atom stereocenters. The number of rotatable bonds is 2. The maximum absolute atomic E-state index is 6.03. The van der Waals surface area contributed by atoms with Crippen LogP contribution in [0.4, 0.5) is 0 Å². The van der Waals surface area contributed by atoms with Crippen molar-refractivity contribution < 1.29 is 4.74 Å². The molecule has 0 heterocycles. The zero-order valence-corrected chi connectivity index (χ0v) is 9.46. The van der Waals surface area contributed by atoms with Gasteiger partial charge < -0.3 is 4.74 Å². The third kappa shape index (κ3) is 1.71. The fraction of sp³-hybridized carbons (Fsp3) is 1.00. The lowest BCUT2D eigenvalue weighted by Crippen LogP contribution is -2.14. The van der Waals surface area contributed by atoms with Crippen molar-refractivity contribution in [3.05, 3.63) is 0 Å². The Morgan fingerprint density at radius 3 is 2.00 bits per heavy atom. The molecule has 0 aromatic rings. The molecular weight excluding hydrogens is 172 g/mol. The number of hydrogen-bond acceptors (Lipinski definition) is 1. The SMILES string of the molecule is CC1(C)CC2CC(OC3CC3)CC2C1. The molecule has 3 aliphatic rings. The van der Waals surface area contributed by atoms with Gasteiger partial charge in [0.25, 0.3) is 0 Å². The Balaban J connectivity index is 1.57. The first-order valence-corrected chi connectivity index (χ1v) is 6.28. The van der Waals surface area contributed by atoms with Crippen LogP contribution in [-0.2, 0) is 4.74 Å². The fourth-order valence-electron chi connectivity index (χ4n) is 3.75. The van der Waals surface area contributed by atoms with Crippen molar-refractivity contribution >= 4 is 0 Å². The average molecular weight is 194 g/mol. The molecule has 3 fully saturated rings. The molecule has 2 atom stereocenters. The second kappa shape index (κ2) is 2.98. The maximum atomic E-state index is 6.03. The average Bonchev–Trinajstić information content (AvgIpc) is 2.70. The molecule has 0 N–H and O–H groups in total. The van der Waals surface area contributed by atoms with Crippen molar-refractivity contribution in [2.24, 2.45) is 17.3 Å². The van der Waals surface area contributed by atoms with Gasteiger partial charge in [-0.3, -0.25) is 0 Å². The summed E-state index contributed by atoms with van der Waals surface area (Å²) in [6.07, 6.45) is 9.58. The van der Waals surface area contributed by atoms with Crippen LogP contribution in [-0.4, -0.2) is 12.2 Å². The highest BCUT2D eigenvalue weighted by Gasteiger charge is 2.46. The van der Waals surface area contributed by atoms with Crippen molar-refractivity contribution in [3.8, 4) is 0 Å². The second-order valence-corrected chi connectivity index (χ2v) is 6.52. The van der Waals surface area contributed by atoms with Gasteiger partial charge in [0.15, 0.2) is 0 Å². The van der Waals surface area contributed by atoms with Gasteiger partial charge in [0.1, 0.15) is 0 Å². The predicted octanol–water partition coefficient (Wildman–Crippen LogP) is 3.38. The van der Waals surface area contributed by atoms with E-state index in [2.05, 4.69) is 13.8 Å². The van der Waals surface area contributed by atoms with E-state index in [0.29, 0.717) is 17.6 Å². The van der Waals surface area contributed by atoms with E-state index in [0.717, 1.165) is 11.8 Å². The smallest absolute Gasteiger partial charge is 0.0584 e. The first-order valence-electron chi connectivity index (χ1n) is 6.28. The van der Waals surface area contributed by atoms with Crippen LogP contribution in [0, 0.1) is 17.3 Å². The molecule has 0 amide bonds. The minimum atomic E-state index is 0.625. The molecule has 0 aromatic heterocycles. The molecule has 1 heteroatoms. The zero-order chi connectivity index (χ0) is 9.76. The van der Waals surface area contributed by atoms with Crippen LogP contribution >= 0.6 is 0 Å². The molecule has 0 radical (unpaired) electrons. The van der Waals surface area contributed by atoms with E-state index in [1.165, 1.54) is 38.5 Å². The van der Waals surface area contributed by atoms with Gasteiger partial charge in [0.05, 0.1) is 12.2 Å². The van der Waals surface area contributed by atoms with Crippen LogP contribution < -0.4 is 0 Å². The second-order valence-electron chi connectivity index (χ2n) is 6.52. The van der Waals surface area contributed by atoms with E-state index < -0.39 is 0 Å². The van der Waals surface area contributed by atoms with Gasteiger partial charge in [-0.05, 0) is 55.8 Å². The highest BCUT2D eigenvalue weighted by atomic mass is 16.5. The van der Waals surface area contributed by atoms with Crippen molar-refractivity contribution in [2.75, 3.05) is 0 Å². The lowest BCUT2D eigenvalue weighted by molar-refractivity contribution is 0.0368. The molecule has 0 saturated heterocycles. The molecule has 3 rings (SSSR count). The van der Waals surface area contributed by atoms with E-state index in [1.807, 2.05) is 0 Å². The molecule has 14 heavy (non-hydrogen) atoms. The Hall–Kier alpha value is -0.0400. The topological polar surface area (TPSA) is 9.23 Å². The van der Waals surface area contributed by atoms with Crippen LogP contribution in [0.15, 0.2) is 0 Å². The van der Waals surface area contributed by atoms with Gasteiger partial charge in [-0.1, -0.05) is 13.8 Å². The summed E-state index contributed by atoms with van der Waals surface area (Å²) in [6, 6.07) is 0. The van der Waals surface area contributed by atoms with Crippen molar-refractivity contribution in [1.82, 2.24) is 0 Å². The molecule has 1 nitrogen and oxygen atoms in total. The Bertz CT molecular complexity index is 213. The number of fused-ring (bicyclic) bond motifs is 1. The Kier molecular flexibility index (Phi) is 1.96. The lowest BCUT2D eigenvalue weighted by atomic mass is 9.88. The Labute approximate surface area is 87.2 Å². The molecule has 0 bridgehead atoms. The van der Waals surface area contributed by atoms with Gasteiger partial charge in [0, 0.05) is 0 Å². The highest BCUT2D eigenvalue weighted by Crippen LogP contribution is 2.53. The number of ether oxygens (including phenoxy) is 1. The summed E-state index contributed by atoms with van der Waals surface area (Å²) in [5.41, 5.74) is 0.625. The molecule has 80 valence electrons. The van der Waals surface area contributed by atoms with Gasteiger partial charge in [-0.15, -0.1) is 0 Å². The largest absolute Gasteiger partial charge is 0.375 e. The van der Waals surface area contributed by atoms with Crippen LogP contribution in [0.25, 0.3) is 0 Å². The summed E-state index contributed by atoms with van der Waals surface area (Å²) in [4.78, 5) is 0. The van der Waals surface area contributed by atoms with Gasteiger partial charge in [-0.25, -0.2) is 0 Å². The maximum Gasteiger partial charge on any atom is 0.0584 e. The van der Waals surface area contributed by atoms with Gasteiger partial charge in [0.2, 0.25) is 0 Å².